The van der Waals surface area contributed by atoms with E-state index in [9.17, 15) is 4.79 Å². The number of nitrogens with zero attached hydrogens (tertiary/aromatic N) is 2. The Morgan fingerprint density at radius 3 is 3.10 bits per heavy atom. The molecule has 0 aromatic carbocycles. The Kier molecular flexibility index (Phi) is 1.94. The molecule has 1 aromatic rings. The summed E-state index contributed by atoms with van der Waals surface area (Å²) in [5, 5.41) is 0. The number of rotatable bonds is 1. The van der Waals surface area contributed by atoms with Crippen LogP contribution in [-0.2, 0) is 4.79 Å². The molecule has 51 valence electrons. The zero-order valence-electron chi connectivity index (χ0n) is 5.37. The molecular weight excluding hydrogens is 132 g/mol. The van der Waals surface area contributed by atoms with Gasteiger partial charge in [0.05, 0.1) is 6.20 Å². The zero-order valence-corrected chi connectivity index (χ0v) is 5.37. The van der Waals surface area contributed by atoms with Gasteiger partial charge in [0.1, 0.15) is 12.5 Å². The molecule has 0 N–H and O–H groups in total. The van der Waals surface area contributed by atoms with E-state index in [-0.39, 0.29) is 5.75 Å². The van der Waals surface area contributed by atoms with Crippen molar-refractivity contribution in [2.45, 2.75) is 6.92 Å². The van der Waals surface area contributed by atoms with Gasteiger partial charge in [-0.3, -0.25) is 4.79 Å². The number of carbonyl (C=O) groups excluding carboxylic acids is 1. The Morgan fingerprint density at radius 2 is 2.60 bits per heavy atom. The topological polar surface area (TPSA) is 52.1 Å². The largest absolute Gasteiger partial charge is 0.423 e. The van der Waals surface area contributed by atoms with Gasteiger partial charge in [-0.05, 0) is 0 Å². The Balaban J connectivity index is 2.67. The average molecular weight is 137 g/mol. The first-order valence-corrected chi connectivity index (χ1v) is 2.65. The third kappa shape index (κ3) is 1.81. The summed E-state index contributed by atoms with van der Waals surface area (Å²) >= 11 is 0. The Hall–Kier alpha value is -1.45. The Morgan fingerprint density at radius 1 is 1.80 bits per heavy atom. The molecule has 0 fully saturated rings. The summed E-state index contributed by atoms with van der Waals surface area (Å²) in [5.74, 6) is -0.152. The lowest BCUT2D eigenvalue weighted by molar-refractivity contribution is -0.131. The van der Waals surface area contributed by atoms with E-state index in [1.165, 1.54) is 19.4 Å². The van der Waals surface area contributed by atoms with Crippen LogP contribution in [0, 0.1) is 6.20 Å². The number of ether oxygens (including phenoxy) is 1. The summed E-state index contributed by atoms with van der Waals surface area (Å²) in [6, 6.07) is 0. The van der Waals surface area contributed by atoms with Gasteiger partial charge in [-0.1, -0.05) is 0 Å². The quantitative estimate of drug-likeness (QED) is 0.519. The van der Waals surface area contributed by atoms with Crippen LogP contribution >= 0.6 is 0 Å². The summed E-state index contributed by atoms with van der Waals surface area (Å²) in [7, 11) is 0. The van der Waals surface area contributed by atoms with Crippen molar-refractivity contribution in [3.05, 3.63) is 18.7 Å². The molecule has 1 aromatic heterocycles. The van der Waals surface area contributed by atoms with Gasteiger partial charge in [0.15, 0.2) is 5.75 Å². The van der Waals surface area contributed by atoms with E-state index in [4.69, 9.17) is 0 Å². The van der Waals surface area contributed by atoms with Gasteiger partial charge in [0.2, 0.25) is 0 Å². The van der Waals surface area contributed by atoms with Crippen molar-refractivity contribution in [1.82, 2.24) is 9.97 Å². The second-order valence-corrected chi connectivity index (χ2v) is 1.59. The molecule has 0 saturated heterocycles. The summed E-state index contributed by atoms with van der Waals surface area (Å²) < 4.78 is 4.59. The van der Waals surface area contributed by atoms with Crippen LogP contribution in [0.2, 0.25) is 0 Å². The van der Waals surface area contributed by atoms with E-state index < -0.39 is 5.97 Å². The molecule has 4 heteroatoms. The van der Waals surface area contributed by atoms with Gasteiger partial charge in [0.25, 0.3) is 0 Å². The molecule has 0 aliphatic carbocycles. The molecule has 0 aliphatic rings. The monoisotopic (exact) mass is 137 g/mol. The van der Waals surface area contributed by atoms with Crippen LogP contribution in [0.1, 0.15) is 6.92 Å². The molecule has 0 atom stereocenters. The van der Waals surface area contributed by atoms with Crippen molar-refractivity contribution in [2.75, 3.05) is 0 Å². The number of hydrogen-bond donors (Lipinski definition) is 0. The number of aromatic nitrogens is 2. The fraction of sp³-hybridized carbons (Fsp3) is 0.167. The zero-order chi connectivity index (χ0) is 7.40. The highest BCUT2D eigenvalue weighted by Crippen LogP contribution is 2.01. The summed E-state index contributed by atoms with van der Waals surface area (Å²) in [5.41, 5.74) is 0. The summed E-state index contributed by atoms with van der Waals surface area (Å²) in [6.45, 7) is 1.31. The van der Waals surface area contributed by atoms with E-state index in [1.54, 1.807) is 0 Å². The van der Waals surface area contributed by atoms with Crippen LogP contribution in [0.4, 0.5) is 0 Å². The maximum Gasteiger partial charge on any atom is 0.308 e. The fourth-order valence-corrected chi connectivity index (χ4v) is 0.460. The predicted octanol–water partition coefficient (Wildman–Crippen LogP) is 0.202. The number of carbonyl (C=O) groups is 1. The molecule has 0 spiro atoms. The smallest absolute Gasteiger partial charge is 0.308 e. The molecule has 0 amide bonds. The van der Waals surface area contributed by atoms with Crippen LogP contribution in [0.3, 0.4) is 0 Å². The first-order chi connectivity index (χ1) is 4.79. The third-order valence-corrected chi connectivity index (χ3v) is 0.745. The normalized spacial score (nSPS) is 8.90. The van der Waals surface area contributed by atoms with Crippen molar-refractivity contribution >= 4 is 5.97 Å². The van der Waals surface area contributed by atoms with Gasteiger partial charge in [-0.25, -0.2) is 9.97 Å². The van der Waals surface area contributed by atoms with Gasteiger partial charge in [-0.2, -0.15) is 0 Å². The van der Waals surface area contributed by atoms with E-state index in [1.807, 2.05) is 0 Å². The SMILES string of the molecule is CC(=O)Oc1[c]ncnc1. The Labute approximate surface area is 57.9 Å². The predicted molar refractivity (Wildman–Crippen MR) is 32.2 cm³/mol. The van der Waals surface area contributed by atoms with Crippen molar-refractivity contribution < 1.29 is 9.53 Å². The minimum atomic E-state index is -0.397. The van der Waals surface area contributed by atoms with Gasteiger partial charge < -0.3 is 4.74 Å². The van der Waals surface area contributed by atoms with Gasteiger partial charge in [0, 0.05) is 6.92 Å². The highest BCUT2D eigenvalue weighted by atomic mass is 16.5. The molecule has 4 nitrogen and oxygen atoms in total. The maximum absolute atomic E-state index is 10.3. The fourth-order valence-electron chi connectivity index (χ4n) is 0.460. The lowest BCUT2D eigenvalue weighted by atomic mass is 10.6. The Bertz CT molecular complexity index is 222. The molecule has 1 heterocycles. The molecule has 1 radical (unpaired) electrons. The lowest BCUT2D eigenvalue weighted by Crippen LogP contribution is -2.01. The third-order valence-electron chi connectivity index (χ3n) is 0.745. The van der Waals surface area contributed by atoms with Gasteiger partial charge in [-0.15, -0.1) is 0 Å². The minimum Gasteiger partial charge on any atom is -0.423 e. The van der Waals surface area contributed by atoms with Crippen molar-refractivity contribution in [1.29, 1.82) is 0 Å². The van der Waals surface area contributed by atoms with E-state index in [0.29, 0.717) is 0 Å². The van der Waals surface area contributed by atoms with E-state index in [2.05, 4.69) is 20.9 Å². The summed E-state index contributed by atoms with van der Waals surface area (Å²) in [4.78, 5) is 17.5. The van der Waals surface area contributed by atoms with Crippen LogP contribution < -0.4 is 4.74 Å². The maximum atomic E-state index is 10.3. The molecule has 10 heavy (non-hydrogen) atoms. The van der Waals surface area contributed by atoms with Crippen LogP contribution in [0.5, 0.6) is 5.75 Å². The number of hydrogen-bond acceptors (Lipinski definition) is 4. The molecule has 0 aliphatic heterocycles. The van der Waals surface area contributed by atoms with Crippen LogP contribution in [-0.4, -0.2) is 15.9 Å². The molecule has 0 bridgehead atoms. The first kappa shape index (κ1) is 6.67. The summed E-state index contributed by atoms with van der Waals surface area (Å²) in [6.07, 6.45) is 5.13. The molecule has 0 unspecified atom stereocenters. The standard InChI is InChI=1S/C6H5N2O2/c1-5(9)10-6-2-7-4-8-3-6/h2,4H,1H3. The second kappa shape index (κ2) is 2.91. The van der Waals surface area contributed by atoms with E-state index >= 15 is 0 Å². The van der Waals surface area contributed by atoms with Crippen LogP contribution in [0.15, 0.2) is 12.5 Å². The molecule has 1 rings (SSSR count). The first-order valence-electron chi connectivity index (χ1n) is 2.65. The van der Waals surface area contributed by atoms with E-state index in [0.717, 1.165) is 0 Å². The number of esters is 1. The second-order valence-electron chi connectivity index (χ2n) is 1.59. The van der Waals surface area contributed by atoms with Gasteiger partial charge >= 0.3 is 5.97 Å². The van der Waals surface area contributed by atoms with Crippen molar-refractivity contribution in [3.8, 4) is 5.75 Å². The molecule has 0 saturated carbocycles. The molecular formula is C6H5N2O2. The van der Waals surface area contributed by atoms with Crippen LogP contribution in [0.25, 0.3) is 0 Å². The average Bonchev–Trinajstić information content (AvgIpc) is 1.88. The minimum absolute atomic E-state index is 0.245. The van der Waals surface area contributed by atoms with Crippen molar-refractivity contribution in [2.24, 2.45) is 0 Å². The highest BCUT2D eigenvalue weighted by Gasteiger charge is 1.95. The van der Waals surface area contributed by atoms with Crippen molar-refractivity contribution in [3.63, 3.8) is 0 Å². The highest BCUT2D eigenvalue weighted by molar-refractivity contribution is 5.68. The lowest BCUT2D eigenvalue weighted by Gasteiger charge is -1.95.